The highest BCUT2D eigenvalue weighted by molar-refractivity contribution is 7.13. The number of rotatable bonds is 7. The van der Waals surface area contributed by atoms with E-state index in [4.69, 9.17) is 9.47 Å². The van der Waals surface area contributed by atoms with Crippen molar-refractivity contribution in [3.8, 4) is 16.3 Å². The number of amides is 1. The standard InChI is InChI=1S/C21H17F3N2O4S/c1-29-17-5-3-2-4-16(17)20-26-15(12-31-20)11-30-18(27)10-25-19(28)13-6-8-14(9-7-13)21(22,23)24/h2-9,12H,10-11H2,1H3,(H,25,28). The molecule has 0 radical (unpaired) electrons. The van der Waals surface area contributed by atoms with Crippen molar-refractivity contribution < 1.29 is 32.2 Å². The number of carbonyl (C=O) groups is 2. The van der Waals surface area contributed by atoms with Gasteiger partial charge in [-0.1, -0.05) is 12.1 Å². The average Bonchev–Trinajstić information content (AvgIpc) is 3.24. The number of esters is 1. The predicted octanol–water partition coefficient (Wildman–Crippen LogP) is 4.31. The fraction of sp³-hybridized carbons (Fsp3) is 0.190. The maximum atomic E-state index is 12.6. The highest BCUT2D eigenvalue weighted by Crippen LogP contribution is 2.32. The third-order valence-electron chi connectivity index (χ3n) is 4.14. The molecule has 0 saturated carbocycles. The van der Waals surface area contributed by atoms with E-state index < -0.39 is 30.2 Å². The minimum absolute atomic E-state index is 0.00162. The monoisotopic (exact) mass is 450 g/mol. The van der Waals surface area contributed by atoms with Gasteiger partial charge >= 0.3 is 12.1 Å². The van der Waals surface area contributed by atoms with Crippen molar-refractivity contribution in [2.75, 3.05) is 13.7 Å². The lowest BCUT2D eigenvalue weighted by Gasteiger charge is -2.08. The van der Waals surface area contributed by atoms with Crippen molar-refractivity contribution in [3.63, 3.8) is 0 Å². The molecule has 0 bridgehead atoms. The molecule has 0 fully saturated rings. The van der Waals surface area contributed by atoms with Crippen LogP contribution in [0.5, 0.6) is 5.75 Å². The molecule has 31 heavy (non-hydrogen) atoms. The van der Waals surface area contributed by atoms with Gasteiger partial charge in [0.15, 0.2) is 0 Å². The van der Waals surface area contributed by atoms with Crippen LogP contribution < -0.4 is 10.1 Å². The molecular formula is C21H17F3N2O4S. The summed E-state index contributed by atoms with van der Waals surface area (Å²) in [7, 11) is 1.56. The maximum absolute atomic E-state index is 12.6. The molecule has 0 saturated heterocycles. The van der Waals surface area contributed by atoms with Gasteiger partial charge in [-0.3, -0.25) is 9.59 Å². The van der Waals surface area contributed by atoms with Gasteiger partial charge in [0.05, 0.1) is 23.9 Å². The molecule has 0 aliphatic rings. The topological polar surface area (TPSA) is 77.5 Å². The van der Waals surface area contributed by atoms with Gasteiger partial charge < -0.3 is 14.8 Å². The van der Waals surface area contributed by atoms with E-state index in [1.807, 2.05) is 24.3 Å². The van der Waals surface area contributed by atoms with Crippen molar-refractivity contribution in [2.45, 2.75) is 12.8 Å². The lowest BCUT2D eigenvalue weighted by atomic mass is 10.1. The average molecular weight is 450 g/mol. The van der Waals surface area contributed by atoms with Gasteiger partial charge in [-0.25, -0.2) is 4.98 Å². The first kappa shape index (κ1) is 22.3. The summed E-state index contributed by atoms with van der Waals surface area (Å²) in [6, 6.07) is 11.1. The van der Waals surface area contributed by atoms with Gasteiger partial charge in [-0.2, -0.15) is 13.2 Å². The first-order valence-electron chi connectivity index (χ1n) is 8.97. The first-order valence-corrected chi connectivity index (χ1v) is 9.85. The van der Waals surface area contributed by atoms with E-state index in [1.54, 1.807) is 12.5 Å². The summed E-state index contributed by atoms with van der Waals surface area (Å²) >= 11 is 1.37. The smallest absolute Gasteiger partial charge is 0.416 e. The summed E-state index contributed by atoms with van der Waals surface area (Å²) in [5, 5.41) is 4.76. The molecule has 3 aromatic rings. The second kappa shape index (κ2) is 9.61. The van der Waals surface area contributed by atoms with Crippen LogP contribution in [0.15, 0.2) is 53.9 Å². The zero-order valence-corrected chi connectivity index (χ0v) is 17.0. The Kier molecular flexibility index (Phi) is 6.91. The normalized spacial score (nSPS) is 11.1. The van der Waals surface area contributed by atoms with Crippen molar-refractivity contribution in [3.05, 3.63) is 70.7 Å². The zero-order valence-electron chi connectivity index (χ0n) is 16.2. The molecule has 0 aliphatic heterocycles. The number of para-hydroxylation sites is 1. The van der Waals surface area contributed by atoms with E-state index in [0.29, 0.717) is 16.5 Å². The van der Waals surface area contributed by atoms with E-state index in [-0.39, 0.29) is 12.2 Å². The number of nitrogens with zero attached hydrogens (tertiary/aromatic N) is 1. The molecule has 0 spiro atoms. The molecular weight excluding hydrogens is 433 g/mol. The Morgan fingerprint density at radius 3 is 2.48 bits per heavy atom. The number of carbonyl (C=O) groups excluding carboxylic acids is 2. The number of methoxy groups -OCH3 is 1. The molecule has 0 aliphatic carbocycles. The SMILES string of the molecule is COc1ccccc1-c1nc(COC(=O)CNC(=O)c2ccc(C(F)(F)F)cc2)cs1. The van der Waals surface area contributed by atoms with Gasteiger partial charge in [0.2, 0.25) is 0 Å². The van der Waals surface area contributed by atoms with Crippen molar-refractivity contribution in [2.24, 2.45) is 0 Å². The van der Waals surface area contributed by atoms with Crippen LogP contribution in [0, 0.1) is 0 Å². The van der Waals surface area contributed by atoms with Crippen LogP contribution in [0.1, 0.15) is 21.6 Å². The Hall–Kier alpha value is -3.40. The number of aromatic nitrogens is 1. The number of hydrogen-bond acceptors (Lipinski definition) is 6. The number of ether oxygens (including phenoxy) is 2. The molecule has 1 aromatic heterocycles. The molecule has 0 unspecified atom stereocenters. The number of thiazole rings is 1. The first-order chi connectivity index (χ1) is 14.8. The van der Waals surface area contributed by atoms with Crippen molar-refractivity contribution in [1.29, 1.82) is 0 Å². The molecule has 1 N–H and O–H groups in total. The van der Waals surface area contributed by atoms with E-state index in [0.717, 1.165) is 29.8 Å². The second-order valence-electron chi connectivity index (χ2n) is 6.26. The fourth-order valence-electron chi connectivity index (χ4n) is 2.59. The Bertz CT molecular complexity index is 1060. The van der Waals surface area contributed by atoms with Crippen LogP contribution in [0.3, 0.4) is 0 Å². The summed E-state index contributed by atoms with van der Waals surface area (Å²) in [4.78, 5) is 28.3. The molecule has 3 rings (SSSR count). The number of nitrogens with one attached hydrogen (secondary N) is 1. The Morgan fingerprint density at radius 1 is 1.10 bits per heavy atom. The maximum Gasteiger partial charge on any atom is 0.416 e. The number of hydrogen-bond donors (Lipinski definition) is 1. The third kappa shape index (κ3) is 5.82. The van der Waals surface area contributed by atoms with Gasteiger partial charge in [0.25, 0.3) is 5.91 Å². The van der Waals surface area contributed by atoms with Crippen LogP contribution in [0.2, 0.25) is 0 Å². The van der Waals surface area contributed by atoms with E-state index in [9.17, 15) is 22.8 Å². The van der Waals surface area contributed by atoms with Crippen LogP contribution in [0.4, 0.5) is 13.2 Å². The number of alkyl halides is 3. The fourth-order valence-corrected chi connectivity index (χ4v) is 3.42. The van der Waals surface area contributed by atoms with E-state index in [2.05, 4.69) is 10.3 Å². The van der Waals surface area contributed by atoms with Gasteiger partial charge in [-0.05, 0) is 36.4 Å². The summed E-state index contributed by atoms with van der Waals surface area (Å²) in [6.45, 7) is -0.510. The molecule has 162 valence electrons. The van der Waals surface area contributed by atoms with Crippen LogP contribution >= 0.6 is 11.3 Å². The van der Waals surface area contributed by atoms with Gasteiger partial charge in [-0.15, -0.1) is 11.3 Å². The molecule has 0 atom stereocenters. The molecule has 1 amide bonds. The van der Waals surface area contributed by atoms with Crippen LogP contribution in [-0.4, -0.2) is 30.5 Å². The highest BCUT2D eigenvalue weighted by Gasteiger charge is 2.30. The highest BCUT2D eigenvalue weighted by atomic mass is 32.1. The summed E-state index contributed by atoms with van der Waals surface area (Å²) in [6.07, 6.45) is -4.49. The lowest BCUT2D eigenvalue weighted by Crippen LogP contribution is -2.30. The van der Waals surface area contributed by atoms with Crippen molar-refractivity contribution >= 4 is 23.2 Å². The third-order valence-corrected chi connectivity index (χ3v) is 5.06. The largest absolute Gasteiger partial charge is 0.496 e. The van der Waals surface area contributed by atoms with Crippen LogP contribution in [-0.2, 0) is 22.3 Å². The Morgan fingerprint density at radius 2 is 1.81 bits per heavy atom. The lowest BCUT2D eigenvalue weighted by molar-refractivity contribution is -0.143. The van der Waals surface area contributed by atoms with E-state index in [1.165, 1.54) is 11.3 Å². The zero-order chi connectivity index (χ0) is 22.4. The Labute approximate surface area is 179 Å². The summed E-state index contributed by atoms with van der Waals surface area (Å²) < 4.78 is 48.1. The second-order valence-corrected chi connectivity index (χ2v) is 7.12. The molecule has 6 nitrogen and oxygen atoms in total. The van der Waals surface area contributed by atoms with Crippen LogP contribution in [0.25, 0.3) is 10.6 Å². The summed E-state index contributed by atoms with van der Waals surface area (Å²) in [5.74, 6) is -0.712. The molecule has 2 aromatic carbocycles. The quantitative estimate of drug-likeness (QED) is 0.543. The number of benzene rings is 2. The van der Waals surface area contributed by atoms with Gasteiger partial charge in [0, 0.05) is 10.9 Å². The predicted molar refractivity (Wildman–Crippen MR) is 108 cm³/mol. The Balaban J connectivity index is 1.49. The van der Waals surface area contributed by atoms with Crippen molar-refractivity contribution in [1.82, 2.24) is 10.3 Å². The van der Waals surface area contributed by atoms with Gasteiger partial charge in [0.1, 0.15) is 23.9 Å². The minimum atomic E-state index is -4.49. The van der Waals surface area contributed by atoms with E-state index >= 15 is 0 Å². The number of halogens is 3. The molecule has 10 heteroatoms. The summed E-state index contributed by atoms with van der Waals surface area (Å²) in [5.41, 5.74) is 0.491. The minimum Gasteiger partial charge on any atom is -0.496 e. The molecule has 1 heterocycles.